The molecule has 0 aliphatic rings. The summed E-state index contributed by atoms with van der Waals surface area (Å²) in [5, 5.41) is 12.4. The van der Waals surface area contributed by atoms with E-state index in [2.05, 4.69) is 10.0 Å². The number of carbonyl (C=O) groups excluding carboxylic acids is 1. The monoisotopic (exact) mass is 396 g/mol. The van der Waals surface area contributed by atoms with Crippen LogP contribution >= 0.6 is 11.6 Å². The van der Waals surface area contributed by atoms with Gasteiger partial charge in [-0.2, -0.15) is 4.72 Å². The van der Waals surface area contributed by atoms with E-state index in [9.17, 15) is 23.1 Å². The van der Waals surface area contributed by atoms with Crippen LogP contribution in [0.5, 0.6) is 0 Å². The van der Waals surface area contributed by atoms with Crippen molar-refractivity contribution in [2.24, 2.45) is 0 Å². The fraction of sp³-hybridized carbons (Fsp3) is 0.176. The topological polar surface area (TPSA) is 113 Å². The van der Waals surface area contributed by atoms with Crippen molar-refractivity contribution in [1.82, 2.24) is 4.72 Å². The van der Waals surface area contributed by atoms with Crippen LogP contribution in [0.15, 0.2) is 53.4 Å². The molecule has 26 heavy (non-hydrogen) atoms. The van der Waals surface area contributed by atoms with E-state index < -0.39 is 22.0 Å². The Morgan fingerprint density at radius 3 is 2.15 bits per heavy atom. The number of benzene rings is 2. The third kappa shape index (κ3) is 5.55. The number of hydrogen-bond acceptors (Lipinski definition) is 4. The van der Waals surface area contributed by atoms with E-state index in [1.165, 1.54) is 31.2 Å². The number of rotatable bonds is 7. The standard InChI is InChI=1S/C17H17ClN2O5S/c1-11(21)19-14-6-8-15(9-7-14)26(24,25)20-16(17(22)23)10-12-2-4-13(18)5-3-12/h2-9,16,20H,10H2,1H3,(H,19,21)(H,22,23)/t16-/m1/s1. The molecule has 0 heterocycles. The normalized spacial score (nSPS) is 12.4. The summed E-state index contributed by atoms with van der Waals surface area (Å²) in [6, 6.07) is 10.6. The van der Waals surface area contributed by atoms with Gasteiger partial charge in [-0.25, -0.2) is 8.42 Å². The average Bonchev–Trinajstić information content (AvgIpc) is 2.56. The molecule has 1 atom stereocenters. The van der Waals surface area contributed by atoms with Gasteiger partial charge >= 0.3 is 5.97 Å². The minimum atomic E-state index is -4.05. The zero-order valence-corrected chi connectivity index (χ0v) is 15.3. The number of hydrogen-bond donors (Lipinski definition) is 3. The average molecular weight is 397 g/mol. The summed E-state index contributed by atoms with van der Waals surface area (Å²) in [6.07, 6.45) is -0.0320. The Bertz CT molecular complexity index is 896. The van der Waals surface area contributed by atoms with Crippen molar-refractivity contribution in [3.63, 3.8) is 0 Å². The number of halogens is 1. The first kappa shape index (κ1) is 19.9. The smallest absolute Gasteiger partial charge is 0.322 e. The van der Waals surface area contributed by atoms with Crippen LogP contribution in [0.1, 0.15) is 12.5 Å². The van der Waals surface area contributed by atoms with Crippen LogP contribution in [0.25, 0.3) is 0 Å². The molecule has 2 rings (SSSR count). The molecular weight excluding hydrogens is 380 g/mol. The third-order valence-electron chi connectivity index (χ3n) is 3.43. The summed E-state index contributed by atoms with van der Waals surface area (Å²) in [7, 11) is -4.05. The number of sulfonamides is 1. The molecule has 0 aromatic heterocycles. The highest BCUT2D eigenvalue weighted by Crippen LogP contribution is 2.16. The molecular formula is C17H17ClN2O5S. The Hall–Kier alpha value is -2.42. The fourth-order valence-electron chi connectivity index (χ4n) is 2.21. The van der Waals surface area contributed by atoms with Crippen molar-refractivity contribution >= 4 is 39.2 Å². The molecule has 3 N–H and O–H groups in total. The lowest BCUT2D eigenvalue weighted by atomic mass is 10.1. The molecule has 0 saturated heterocycles. The second kappa shape index (κ2) is 8.31. The van der Waals surface area contributed by atoms with Gasteiger partial charge in [0, 0.05) is 17.6 Å². The van der Waals surface area contributed by atoms with Crippen LogP contribution in [0.2, 0.25) is 5.02 Å². The van der Waals surface area contributed by atoms with Crippen molar-refractivity contribution < 1.29 is 23.1 Å². The number of carboxylic acids is 1. The summed E-state index contributed by atoms with van der Waals surface area (Å²) in [6.45, 7) is 1.33. The predicted octanol–water partition coefficient (Wildman–Crippen LogP) is 2.27. The highest BCUT2D eigenvalue weighted by molar-refractivity contribution is 7.89. The van der Waals surface area contributed by atoms with E-state index in [-0.39, 0.29) is 17.2 Å². The molecule has 0 bridgehead atoms. The Labute approximate surface area is 156 Å². The molecule has 7 nitrogen and oxygen atoms in total. The van der Waals surface area contributed by atoms with Gasteiger partial charge in [-0.3, -0.25) is 9.59 Å². The van der Waals surface area contributed by atoms with E-state index in [0.29, 0.717) is 16.3 Å². The van der Waals surface area contributed by atoms with Crippen molar-refractivity contribution in [3.8, 4) is 0 Å². The zero-order valence-electron chi connectivity index (χ0n) is 13.8. The van der Waals surface area contributed by atoms with Gasteiger partial charge < -0.3 is 10.4 Å². The molecule has 0 unspecified atom stereocenters. The Kier molecular flexibility index (Phi) is 6.36. The number of nitrogens with one attached hydrogen (secondary N) is 2. The van der Waals surface area contributed by atoms with Crippen LogP contribution < -0.4 is 10.0 Å². The summed E-state index contributed by atoms with van der Waals surface area (Å²) >= 11 is 5.79. The first-order valence-corrected chi connectivity index (χ1v) is 9.41. The highest BCUT2D eigenvalue weighted by Gasteiger charge is 2.25. The Morgan fingerprint density at radius 1 is 1.08 bits per heavy atom. The molecule has 2 aromatic rings. The van der Waals surface area contributed by atoms with E-state index >= 15 is 0 Å². The summed E-state index contributed by atoms with van der Waals surface area (Å²) in [5.74, 6) is -1.58. The number of anilines is 1. The second-order valence-electron chi connectivity index (χ2n) is 5.55. The number of aliphatic carboxylic acids is 1. The van der Waals surface area contributed by atoms with E-state index in [4.69, 9.17) is 11.6 Å². The quantitative estimate of drug-likeness (QED) is 0.664. The molecule has 0 spiro atoms. The lowest BCUT2D eigenvalue weighted by molar-refractivity contribution is -0.138. The van der Waals surface area contributed by atoms with E-state index in [1.54, 1.807) is 24.3 Å². The molecule has 0 aliphatic carbocycles. The third-order valence-corrected chi connectivity index (χ3v) is 5.17. The maximum atomic E-state index is 12.4. The van der Waals surface area contributed by atoms with Crippen molar-refractivity contribution in [3.05, 3.63) is 59.1 Å². The lowest BCUT2D eigenvalue weighted by Gasteiger charge is -2.15. The maximum Gasteiger partial charge on any atom is 0.322 e. The Balaban J connectivity index is 2.16. The summed E-state index contributed by atoms with van der Waals surface area (Å²) < 4.78 is 27.1. The fourth-order valence-corrected chi connectivity index (χ4v) is 3.53. The molecule has 1 amide bonds. The molecule has 0 fully saturated rings. The number of carbonyl (C=O) groups is 2. The molecule has 0 aliphatic heterocycles. The van der Waals surface area contributed by atoms with Gasteiger partial charge in [0.15, 0.2) is 0 Å². The molecule has 138 valence electrons. The molecule has 0 radical (unpaired) electrons. The van der Waals surface area contributed by atoms with Gasteiger partial charge in [0.1, 0.15) is 6.04 Å². The van der Waals surface area contributed by atoms with Gasteiger partial charge in [-0.1, -0.05) is 23.7 Å². The first-order valence-electron chi connectivity index (χ1n) is 7.54. The predicted molar refractivity (Wildman–Crippen MR) is 97.6 cm³/mol. The van der Waals surface area contributed by atoms with Gasteiger partial charge in [0.2, 0.25) is 15.9 Å². The Morgan fingerprint density at radius 2 is 1.65 bits per heavy atom. The number of carboxylic acid groups (broad SMARTS) is 1. The molecule has 2 aromatic carbocycles. The van der Waals surface area contributed by atoms with Crippen LogP contribution in [0.4, 0.5) is 5.69 Å². The van der Waals surface area contributed by atoms with Gasteiger partial charge in [0.05, 0.1) is 4.90 Å². The summed E-state index contributed by atoms with van der Waals surface area (Å²) in [4.78, 5) is 22.3. The van der Waals surface area contributed by atoms with Gasteiger partial charge in [0.25, 0.3) is 0 Å². The van der Waals surface area contributed by atoms with Crippen LogP contribution in [0, 0.1) is 0 Å². The summed E-state index contributed by atoms with van der Waals surface area (Å²) in [5.41, 5.74) is 1.07. The SMILES string of the molecule is CC(=O)Nc1ccc(S(=O)(=O)N[C@H](Cc2ccc(Cl)cc2)C(=O)O)cc1. The van der Waals surface area contributed by atoms with Crippen molar-refractivity contribution in [2.45, 2.75) is 24.3 Å². The minimum Gasteiger partial charge on any atom is -0.480 e. The van der Waals surface area contributed by atoms with Crippen molar-refractivity contribution in [1.29, 1.82) is 0 Å². The lowest BCUT2D eigenvalue weighted by Crippen LogP contribution is -2.42. The highest BCUT2D eigenvalue weighted by atomic mass is 35.5. The molecule has 0 saturated carbocycles. The van der Waals surface area contributed by atoms with Crippen LogP contribution in [0.3, 0.4) is 0 Å². The second-order valence-corrected chi connectivity index (χ2v) is 7.70. The van der Waals surface area contributed by atoms with Crippen molar-refractivity contribution in [2.75, 3.05) is 5.32 Å². The van der Waals surface area contributed by atoms with Crippen LogP contribution in [-0.4, -0.2) is 31.4 Å². The van der Waals surface area contributed by atoms with E-state index in [0.717, 1.165) is 0 Å². The van der Waals surface area contributed by atoms with Crippen LogP contribution in [-0.2, 0) is 26.0 Å². The van der Waals surface area contributed by atoms with E-state index in [1.807, 2.05) is 0 Å². The zero-order chi connectivity index (χ0) is 19.3. The van der Waals surface area contributed by atoms with Gasteiger partial charge in [-0.05, 0) is 48.4 Å². The minimum absolute atomic E-state index is 0.0320. The first-order chi connectivity index (χ1) is 12.2. The maximum absolute atomic E-state index is 12.4. The number of amides is 1. The molecule has 9 heteroatoms. The van der Waals surface area contributed by atoms with Gasteiger partial charge in [-0.15, -0.1) is 0 Å². The largest absolute Gasteiger partial charge is 0.480 e.